The van der Waals surface area contributed by atoms with Gasteiger partial charge in [0, 0.05) is 6.54 Å². The fourth-order valence-corrected chi connectivity index (χ4v) is 2.94. The van der Waals surface area contributed by atoms with E-state index < -0.39 is 5.76 Å². The number of benzene rings is 2. The van der Waals surface area contributed by atoms with Crippen LogP contribution in [0.3, 0.4) is 0 Å². The van der Waals surface area contributed by atoms with Gasteiger partial charge in [0.1, 0.15) is 12.3 Å². The maximum Gasteiger partial charge on any atom is 0.420 e. The predicted molar refractivity (Wildman–Crippen MR) is 99.5 cm³/mol. The predicted octanol–water partition coefficient (Wildman–Crippen LogP) is 2.66. The molecule has 3 rings (SSSR count). The lowest BCUT2D eigenvalue weighted by molar-refractivity contribution is -0.121. The molecule has 0 saturated carbocycles. The van der Waals surface area contributed by atoms with Crippen molar-refractivity contribution in [1.82, 2.24) is 9.88 Å². The van der Waals surface area contributed by atoms with Crippen LogP contribution in [0.4, 0.5) is 0 Å². The van der Waals surface area contributed by atoms with E-state index in [0.29, 0.717) is 17.6 Å². The number of aromatic nitrogens is 1. The highest BCUT2D eigenvalue weighted by Crippen LogP contribution is 2.18. The van der Waals surface area contributed by atoms with Gasteiger partial charge in [0.15, 0.2) is 5.58 Å². The van der Waals surface area contributed by atoms with Crippen LogP contribution in [0.1, 0.15) is 17.5 Å². The Morgan fingerprint density at radius 1 is 1.23 bits per heavy atom. The van der Waals surface area contributed by atoms with Gasteiger partial charge in [0.25, 0.3) is 0 Å². The first-order valence-corrected chi connectivity index (χ1v) is 8.57. The summed E-state index contributed by atoms with van der Waals surface area (Å²) in [5, 5.41) is 2.85. The highest BCUT2D eigenvalue weighted by Gasteiger charge is 2.12. The summed E-state index contributed by atoms with van der Waals surface area (Å²) in [5.41, 5.74) is 3.24. The fourth-order valence-electron chi connectivity index (χ4n) is 2.94. The number of para-hydroxylation sites is 1. The summed E-state index contributed by atoms with van der Waals surface area (Å²) in [4.78, 5) is 24.2. The van der Waals surface area contributed by atoms with Crippen LogP contribution in [0.15, 0.2) is 51.7 Å². The van der Waals surface area contributed by atoms with Crippen molar-refractivity contribution in [1.29, 1.82) is 0 Å². The minimum Gasteiger partial charge on any atom is -0.496 e. The first-order chi connectivity index (χ1) is 12.6. The molecule has 0 aliphatic carbocycles. The van der Waals surface area contributed by atoms with Gasteiger partial charge < -0.3 is 14.5 Å². The van der Waals surface area contributed by atoms with Crippen molar-refractivity contribution in [3.05, 3.63) is 64.1 Å². The molecule has 6 heteroatoms. The molecule has 6 nitrogen and oxygen atoms in total. The molecular formula is C20H22N2O4. The van der Waals surface area contributed by atoms with E-state index in [-0.39, 0.29) is 12.5 Å². The SMILES string of the molecule is COc1ccccc1CCCNC(=O)Cn1c(=O)oc2ccc(C)cc21. The molecule has 1 amide bonds. The number of oxazole rings is 1. The van der Waals surface area contributed by atoms with Crippen molar-refractivity contribution in [2.24, 2.45) is 0 Å². The fraction of sp³-hybridized carbons (Fsp3) is 0.300. The number of carbonyl (C=O) groups is 1. The average molecular weight is 354 g/mol. The number of aryl methyl sites for hydroxylation is 2. The quantitative estimate of drug-likeness (QED) is 0.662. The van der Waals surface area contributed by atoms with Gasteiger partial charge in [-0.25, -0.2) is 4.79 Å². The number of amides is 1. The van der Waals surface area contributed by atoms with Gasteiger partial charge in [-0.2, -0.15) is 0 Å². The number of nitrogens with zero attached hydrogens (tertiary/aromatic N) is 1. The Morgan fingerprint density at radius 3 is 2.85 bits per heavy atom. The Morgan fingerprint density at radius 2 is 2.04 bits per heavy atom. The molecule has 0 spiro atoms. The van der Waals surface area contributed by atoms with Gasteiger partial charge in [-0.15, -0.1) is 0 Å². The Hall–Kier alpha value is -3.02. The Bertz CT molecular complexity index is 971. The van der Waals surface area contributed by atoms with Crippen LogP contribution in [-0.2, 0) is 17.8 Å². The number of carbonyl (C=O) groups excluding carboxylic acids is 1. The number of fused-ring (bicyclic) bond motifs is 1. The van der Waals surface area contributed by atoms with E-state index >= 15 is 0 Å². The maximum absolute atomic E-state index is 12.2. The normalized spacial score (nSPS) is 10.8. The highest BCUT2D eigenvalue weighted by atomic mass is 16.5. The first kappa shape index (κ1) is 17.8. The van der Waals surface area contributed by atoms with Crippen LogP contribution >= 0.6 is 0 Å². The first-order valence-electron chi connectivity index (χ1n) is 8.57. The van der Waals surface area contributed by atoms with Gasteiger partial charge in [0.05, 0.1) is 12.6 Å². The number of hydrogen-bond acceptors (Lipinski definition) is 4. The van der Waals surface area contributed by atoms with Crippen LogP contribution in [0.25, 0.3) is 11.1 Å². The topological polar surface area (TPSA) is 73.5 Å². The molecule has 1 heterocycles. The molecule has 26 heavy (non-hydrogen) atoms. The number of rotatable bonds is 7. The third-order valence-corrected chi connectivity index (χ3v) is 4.26. The van der Waals surface area contributed by atoms with E-state index in [1.165, 1.54) is 4.57 Å². The second-order valence-electron chi connectivity index (χ2n) is 6.19. The molecule has 136 valence electrons. The van der Waals surface area contributed by atoms with E-state index in [0.717, 1.165) is 29.7 Å². The van der Waals surface area contributed by atoms with Crippen molar-refractivity contribution in [3.8, 4) is 5.75 Å². The zero-order valence-electron chi connectivity index (χ0n) is 15.0. The van der Waals surface area contributed by atoms with Crippen molar-refractivity contribution < 1.29 is 13.9 Å². The van der Waals surface area contributed by atoms with Crippen LogP contribution in [0, 0.1) is 6.92 Å². The monoisotopic (exact) mass is 354 g/mol. The zero-order valence-corrected chi connectivity index (χ0v) is 15.0. The largest absolute Gasteiger partial charge is 0.496 e. The van der Waals surface area contributed by atoms with Gasteiger partial charge in [-0.05, 0) is 49.1 Å². The molecule has 1 N–H and O–H groups in total. The third-order valence-electron chi connectivity index (χ3n) is 4.26. The summed E-state index contributed by atoms with van der Waals surface area (Å²) in [6, 6.07) is 13.3. The molecule has 1 aromatic heterocycles. The van der Waals surface area contributed by atoms with Crippen LogP contribution < -0.4 is 15.8 Å². The number of methoxy groups -OCH3 is 1. The smallest absolute Gasteiger partial charge is 0.420 e. The molecule has 0 atom stereocenters. The zero-order chi connectivity index (χ0) is 18.5. The van der Waals surface area contributed by atoms with E-state index in [9.17, 15) is 9.59 Å². The van der Waals surface area contributed by atoms with Crippen molar-refractivity contribution >= 4 is 17.0 Å². The summed E-state index contributed by atoms with van der Waals surface area (Å²) in [6.07, 6.45) is 1.59. The van der Waals surface area contributed by atoms with Gasteiger partial charge in [-0.3, -0.25) is 9.36 Å². The second-order valence-corrected chi connectivity index (χ2v) is 6.19. The summed E-state index contributed by atoms with van der Waals surface area (Å²) >= 11 is 0. The number of ether oxygens (including phenoxy) is 1. The maximum atomic E-state index is 12.2. The molecular weight excluding hydrogens is 332 g/mol. The molecule has 3 aromatic rings. The Balaban J connectivity index is 1.56. The molecule has 0 radical (unpaired) electrons. The van der Waals surface area contributed by atoms with Crippen LogP contribution in [-0.4, -0.2) is 24.1 Å². The van der Waals surface area contributed by atoms with Crippen LogP contribution in [0.5, 0.6) is 5.75 Å². The molecule has 0 unspecified atom stereocenters. The van der Waals surface area contributed by atoms with Gasteiger partial charge in [0.2, 0.25) is 5.91 Å². The van der Waals surface area contributed by atoms with Crippen molar-refractivity contribution in [3.63, 3.8) is 0 Å². The average Bonchev–Trinajstić information content (AvgIpc) is 2.94. The van der Waals surface area contributed by atoms with Crippen LogP contribution in [0.2, 0.25) is 0 Å². The lowest BCUT2D eigenvalue weighted by atomic mass is 10.1. The Labute approximate surface area is 151 Å². The summed E-state index contributed by atoms with van der Waals surface area (Å²) in [6.45, 7) is 2.41. The molecule has 0 aliphatic heterocycles. The third kappa shape index (κ3) is 3.96. The van der Waals surface area contributed by atoms with E-state index in [4.69, 9.17) is 9.15 Å². The molecule has 0 aliphatic rings. The number of hydrogen-bond donors (Lipinski definition) is 1. The van der Waals surface area contributed by atoms with Gasteiger partial charge in [-0.1, -0.05) is 24.3 Å². The molecule has 0 fully saturated rings. The summed E-state index contributed by atoms with van der Waals surface area (Å²) in [5.74, 6) is 0.122. The van der Waals surface area contributed by atoms with Gasteiger partial charge >= 0.3 is 5.76 Å². The summed E-state index contributed by atoms with van der Waals surface area (Å²) < 4.78 is 11.9. The number of nitrogens with one attached hydrogen (secondary N) is 1. The molecule has 2 aromatic carbocycles. The lowest BCUT2D eigenvalue weighted by Crippen LogP contribution is -2.31. The van der Waals surface area contributed by atoms with E-state index in [1.54, 1.807) is 13.2 Å². The van der Waals surface area contributed by atoms with E-state index in [1.807, 2.05) is 43.3 Å². The lowest BCUT2D eigenvalue weighted by Gasteiger charge is -2.09. The molecule has 0 bridgehead atoms. The molecule has 0 saturated heterocycles. The van der Waals surface area contributed by atoms with E-state index in [2.05, 4.69) is 5.32 Å². The van der Waals surface area contributed by atoms with Crippen molar-refractivity contribution in [2.45, 2.75) is 26.3 Å². The minimum absolute atomic E-state index is 0.0516. The van der Waals surface area contributed by atoms with Crippen molar-refractivity contribution in [2.75, 3.05) is 13.7 Å². The minimum atomic E-state index is -0.519. The standard InChI is InChI=1S/C20H22N2O4/c1-14-9-10-18-16(12-14)22(20(24)26-18)13-19(23)21-11-5-7-15-6-3-4-8-17(15)25-2/h3-4,6,8-10,12H,5,7,11,13H2,1-2H3,(H,21,23). The summed E-state index contributed by atoms with van der Waals surface area (Å²) in [7, 11) is 1.65. The Kier molecular flexibility index (Phi) is 5.41. The second kappa shape index (κ2) is 7.91. The highest BCUT2D eigenvalue weighted by molar-refractivity contribution is 5.79.